The number of esters is 1. The summed E-state index contributed by atoms with van der Waals surface area (Å²) in [6.45, 7) is 9.03. The first kappa shape index (κ1) is 16.5. The number of hydrogen-bond acceptors (Lipinski definition) is 4. The number of hydrogen-bond donors (Lipinski definition) is 1. The van der Waals surface area contributed by atoms with Crippen molar-refractivity contribution in [2.45, 2.75) is 64.0 Å². The van der Waals surface area contributed by atoms with Gasteiger partial charge in [-0.2, -0.15) is 0 Å². The average Bonchev–Trinajstić information content (AvgIpc) is 2.34. The van der Waals surface area contributed by atoms with Crippen LogP contribution in [0.4, 0.5) is 4.79 Å². The van der Waals surface area contributed by atoms with Gasteiger partial charge in [-0.25, -0.2) is 9.59 Å². The van der Waals surface area contributed by atoms with Crippen molar-refractivity contribution in [1.82, 2.24) is 5.32 Å². The Morgan fingerprint density at radius 1 is 1.25 bits per heavy atom. The number of nitrogens with one attached hydrogen (secondary N) is 1. The molecule has 0 aromatic heterocycles. The van der Waals surface area contributed by atoms with Gasteiger partial charge >= 0.3 is 12.1 Å². The van der Waals surface area contributed by atoms with Gasteiger partial charge in [0.25, 0.3) is 0 Å². The highest BCUT2D eigenvalue weighted by Crippen LogP contribution is 2.30. The van der Waals surface area contributed by atoms with Crippen molar-refractivity contribution < 1.29 is 19.1 Å². The summed E-state index contributed by atoms with van der Waals surface area (Å²) in [6.07, 6.45) is 4.95. The normalized spacial score (nSPS) is 17.9. The lowest BCUT2D eigenvalue weighted by Crippen LogP contribution is -2.57. The van der Waals surface area contributed by atoms with E-state index >= 15 is 0 Å². The van der Waals surface area contributed by atoms with Gasteiger partial charge in [0.05, 0.1) is 0 Å². The first-order valence-corrected chi connectivity index (χ1v) is 7.08. The number of carbonyl (C=O) groups is 2. The van der Waals surface area contributed by atoms with Crippen LogP contribution in [0.1, 0.15) is 52.9 Å². The van der Waals surface area contributed by atoms with Crippen LogP contribution in [0.2, 0.25) is 0 Å². The van der Waals surface area contributed by atoms with E-state index < -0.39 is 23.2 Å². The summed E-state index contributed by atoms with van der Waals surface area (Å²) in [7, 11) is 0. The van der Waals surface area contributed by atoms with Crippen LogP contribution in [0.15, 0.2) is 12.7 Å². The van der Waals surface area contributed by atoms with E-state index in [2.05, 4.69) is 11.9 Å². The molecule has 1 N–H and O–H groups in total. The van der Waals surface area contributed by atoms with E-state index in [1.54, 1.807) is 20.8 Å². The molecule has 0 spiro atoms. The first-order chi connectivity index (χ1) is 9.29. The Morgan fingerprint density at radius 2 is 1.85 bits per heavy atom. The molecule has 0 aromatic rings. The molecule has 1 rings (SSSR count). The quantitative estimate of drug-likeness (QED) is 0.636. The summed E-state index contributed by atoms with van der Waals surface area (Å²) >= 11 is 0. The van der Waals surface area contributed by atoms with Crippen molar-refractivity contribution in [3.8, 4) is 0 Å². The Bertz CT molecular complexity index is 365. The minimum Gasteiger partial charge on any atom is -0.460 e. The maximum atomic E-state index is 12.2. The molecule has 114 valence electrons. The predicted molar refractivity (Wildman–Crippen MR) is 76.3 cm³/mol. The molecular formula is C15H25NO4. The molecule has 1 aliphatic rings. The van der Waals surface area contributed by atoms with Crippen LogP contribution >= 0.6 is 0 Å². The molecule has 0 radical (unpaired) electrons. The highest BCUT2D eigenvalue weighted by atomic mass is 16.6. The largest absolute Gasteiger partial charge is 0.460 e. The molecule has 0 aliphatic heterocycles. The van der Waals surface area contributed by atoms with Crippen LogP contribution in [0.3, 0.4) is 0 Å². The molecule has 0 aromatic carbocycles. The highest BCUT2D eigenvalue weighted by molar-refractivity contribution is 5.86. The first-order valence-electron chi connectivity index (χ1n) is 7.08. The van der Waals surface area contributed by atoms with Crippen molar-refractivity contribution in [3.05, 3.63) is 12.7 Å². The highest BCUT2D eigenvalue weighted by Gasteiger charge is 2.43. The summed E-state index contributed by atoms with van der Waals surface area (Å²) in [4.78, 5) is 24.2. The second kappa shape index (κ2) is 6.77. The van der Waals surface area contributed by atoms with Crippen LogP contribution in [-0.4, -0.2) is 29.8 Å². The van der Waals surface area contributed by atoms with Crippen LogP contribution in [0.25, 0.3) is 0 Å². The number of amides is 1. The lowest BCUT2D eigenvalue weighted by Gasteiger charge is -2.36. The third-order valence-electron chi connectivity index (χ3n) is 3.17. The van der Waals surface area contributed by atoms with Gasteiger partial charge in [0.15, 0.2) is 0 Å². The third-order valence-corrected chi connectivity index (χ3v) is 3.17. The molecule has 1 aliphatic carbocycles. The van der Waals surface area contributed by atoms with Gasteiger partial charge < -0.3 is 14.8 Å². The summed E-state index contributed by atoms with van der Waals surface area (Å²) < 4.78 is 10.4. The minimum atomic E-state index is -0.955. The van der Waals surface area contributed by atoms with Crippen LogP contribution < -0.4 is 5.32 Å². The molecule has 1 fully saturated rings. The Morgan fingerprint density at radius 3 is 2.35 bits per heavy atom. The number of ether oxygens (including phenoxy) is 2. The molecule has 0 heterocycles. The van der Waals surface area contributed by atoms with E-state index in [0.29, 0.717) is 12.8 Å². The summed E-state index contributed by atoms with van der Waals surface area (Å²) in [5.74, 6) is -0.400. The second-order valence-electron chi connectivity index (χ2n) is 6.16. The zero-order valence-electron chi connectivity index (χ0n) is 12.7. The van der Waals surface area contributed by atoms with E-state index in [4.69, 9.17) is 9.47 Å². The molecule has 5 nitrogen and oxygen atoms in total. The summed E-state index contributed by atoms with van der Waals surface area (Å²) in [5, 5.41) is 2.73. The van der Waals surface area contributed by atoms with Gasteiger partial charge in [-0.15, -0.1) is 0 Å². The molecule has 0 bridgehead atoms. The van der Waals surface area contributed by atoms with Gasteiger partial charge in [-0.3, -0.25) is 0 Å². The fourth-order valence-corrected chi connectivity index (χ4v) is 2.31. The smallest absolute Gasteiger partial charge is 0.408 e. The van der Waals surface area contributed by atoms with Gasteiger partial charge in [-0.1, -0.05) is 31.9 Å². The molecule has 1 amide bonds. The second-order valence-corrected chi connectivity index (χ2v) is 6.16. The molecule has 5 heteroatoms. The van der Waals surface area contributed by atoms with Crippen molar-refractivity contribution >= 4 is 12.1 Å². The van der Waals surface area contributed by atoms with Crippen molar-refractivity contribution in [1.29, 1.82) is 0 Å². The summed E-state index contributed by atoms with van der Waals surface area (Å²) in [5.41, 5.74) is -1.55. The Balaban J connectivity index is 2.75. The standard InChI is InChI=1S/C15H25NO4/c1-5-11-19-12(17)15(9-7-6-8-10-15)16-13(18)20-14(2,3)4/h5H,1,6-11H2,2-4H3,(H,16,18). The molecule has 0 saturated heterocycles. The average molecular weight is 283 g/mol. The number of carbonyl (C=O) groups excluding carboxylic acids is 2. The van der Waals surface area contributed by atoms with E-state index in [-0.39, 0.29) is 6.61 Å². The molecular weight excluding hydrogens is 258 g/mol. The number of rotatable bonds is 4. The SMILES string of the molecule is C=CCOC(=O)C1(NC(=O)OC(C)(C)C)CCCCC1. The van der Waals surface area contributed by atoms with Gasteiger partial charge in [-0.05, 0) is 33.6 Å². The zero-order valence-corrected chi connectivity index (χ0v) is 12.7. The Kier molecular flexibility index (Phi) is 5.60. The van der Waals surface area contributed by atoms with Crippen molar-refractivity contribution in [2.24, 2.45) is 0 Å². The van der Waals surface area contributed by atoms with E-state index in [9.17, 15) is 9.59 Å². The third kappa shape index (κ3) is 4.87. The topological polar surface area (TPSA) is 64.6 Å². The van der Waals surface area contributed by atoms with Crippen molar-refractivity contribution in [2.75, 3.05) is 6.61 Å². The number of alkyl carbamates (subject to hydrolysis) is 1. The molecule has 20 heavy (non-hydrogen) atoms. The van der Waals surface area contributed by atoms with Gasteiger partial charge in [0.1, 0.15) is 17.7 Å². The molecule has 1 saturated carbocycles. The minimum absolute atomic E-state index is 0.149. The Labute approximate surface area is 120 Å². The maximum absolute atomic E-state index is 12.2. The van der Waals surface area contributed by atoms with Gasteiger partial charge in [0, 0.05) is 0 Å². The fourth-order valence-electron chi connectivity index (χ4n) is 2.31. The van der Waals surface area contributed by atoms with Gasteiger partial charge in [0.2, 0.25) is 0 Å². The Hall–Kier alpha value is -1.52. The van der Waals surface area contributed by atoms with E-state index in [1.165, 1.54) is 6.08 Å². The van der Waals surface area contributed by atoms with E-state index in [1.807, 2.05) is 0 Å². The molecule has 0 unspecified atom stereocenters. The predicted octanol–water partition coefficient (Wildman–Crippen LogP) is 2.94. The van der Waals surface area contributed by atoms with Crippen LogP contribution in [0, 0.1) is 0 Å². The monoisotopic (exact) mass is 283 g/mol. The summed E-state index contributed by atoms with van der Waals surface area (Å²) in [6, 6.07) is 0. The lowest BCUT2D eigenvalue weighted by atomic mass is 9.82. The fraction of sp³-hybridized carbons (Fsp3) is 0.733. The van der Waals surface area contributed by atoms with Crippen molar-refractivity contribution in [3.63, 3.8) is 0 Å². The van der Waals surface area contributed by atoms with Crippen LogP contribution in [0.5, 0.6) is 0 Å². The van der Waals surface area contributed by atoms with E-state index in [0.717, 1.165) is 19.3 Å². The lowest BCUT2D eigenvalue weighted by molar-refractivity contribution is -0.152. The zero-order chi connectivity index (χ0) is 15.2. The van der Waals surface area contributed by atoms with Crippen LogP contribution in [-0.2, 0) is 14.3 Å². The molecule has 0 atom stereocenters. The maximum Gasteiger partial charge on any atom is 0.408 e.